The smallest absolute Gasteiger partial charge is 0.213 e. The molecule has 21 heavy (non-hydrogen) atoms. The van der Waals surface area contributed by atoms with Crippen LogP contribution in [0.3, 0.4) is 0 Å². The number of imidazole rings is 1. The van der Waals surface area contributed by atoms with Crippen molar-refractivity contribution in [2.45, 2.75) is 26.2 Å². The Hall–Kier alpha value is -2.49. The van der Waals surface area contributed by atoms with E-state index in [0.717, 1.165) is 11.3 Å². The quantitative estimate of drug-likeness (QED) is 0.676. The number of fused-ring (bicyclic) bond motifs is 1. The molecule has 0 aliphatic rings. The van der Waals surface area contributed by atoms with Gasteiger partial charge in [-0.3, -0.25) is 4.79 Å². The fraction of sp³-hybridized carbons (Fsp3) is 0.235. The van der Waals surface area contributed by atoms with E-state index in [0.29, 0.717) is 11.3 Å². The van der Waals surface area contributed by atoms with Gasteiger partial charge >= 0.3 is 0 Å². The molecular formula is C17H17N3O. The molecule has 0 aliphatic carbocycles. The molecule has 0 saturated carbocycles. The van der Waals surface area contributed by atoms with E-state index in [1.807, 2.05) is 30.5 Å². The molecule has 0 atom stereocenters. The Balaban J connectivity index is 2.03. The van der Waals surface area contributed by atoms with Gasteiger partial charge in [-0.1, -0.05) is 51.1 Å². The third-order valence-electron chi connectivity index (χ3n) is 3.36. The number of carbonyl (C=O) groups is 1. The lowest BCUT2D eigenvalue weighted by Gasteiger charge is -2.13. The fourth-order valence-corrected chi connectivity index (χ4v) is 2.10. The molecule has 3 aromatic rings. The van der Waals surface area contributed by atoms with Gasteiger partial charge in [0.2, 0.25) is 5.78 Å². The summed E-state index contributed by atoms with van der Waals surface area (Å²) >= 11 is 0. The minimum atomic E-state index is -0.0801. The Morgan fingerprint density at radius 3 is 2.43 bits per heavy atom. The Bertz CT molecular complexity index is 798. The van der Waals surface area contributed by atoms with Crippen molar-refractivity contribution in [3.8, 4) is 0 Å². The first-order chi connectivity index (χ1) is 9.95. The summed E-state index contributed by atoms with van der Waals surface area (Å²) < 4.78 is 1.68. The van der Waals surface area contributed by atoms with E-state index in [2.05, 4.69) is 30.9 Å². The lowest BCUT2D eigenvalue weighted by atomic mass is 9.93. The predicted octanol–water partition coefficient (Wildman–Crippen LogP) is 3.26. The minimum absolute atomic E-state index is 0.0443. The average molecular weight is 279 g/mol. The normalized spacial score (nSPS) is 11.8. The largest absolute Gasteiger partial charge is 0.287 e. The second kappa shape index (κ2) is 4.81. The Morgan fingerprint density at radius 2 is 1.76 bits per heavy atom. The summed E-state index contributed by atoms with van der Waals surface area (Å²) in [6.07, 6.45) is 1.89. The molecule has 0 fully saturated rings. The zero-order valence-corrected chi connectivity index (χ0v) is 12.4. The summed E-state index contributed by atoms with van der Waals surface area (Å²) in [6.45, 7) is 6.31. The van der Waals surface area contributed by atoms with Crippen LogP contribution in [-0.2, 0) is 5.41 Å². The second-order valence-electron chi connectivity index (χ2n) is 6.09. The number of rotatable bonds is 2. The van der Waals surface area contributed by atoms with Crippen molar-refractivity contribution in [2.24, 2.45) is 0 Å². The lowest BCUT2D eigenvalue weighted by Crippen LogP contribution is -2.11. The highest BCUT2D eigenvalue weighted by atomic mass is 16.1. The summed E-state index contributed by atoms with van der Waals surface area (Å²) in [5.41, 5.74) is 2.73. The van der Waals surface area contributed by atoms with Gasteiger partial charge in [0.15, 0.2) is 5.65 Å². The Labute approximate surface area is 123 Å². The molecule has 0 unspecified atom stereocenters. The van der Waals surface area contributed by atoms with Crippen LogP contribution in [0, 0.1) is 0 Å². The zero-order chi connectivity index (χ0) is 15.0. The van der Waals surface area contributed by atoms with Crippen LogP contribution >= 0.6 is 0 Å². The summed E-state index contributed by atoms with van der Waals surface area (Å²) in [6, 6.07) is 12.7. The van der Waals surface area contributed by atoms with Gasteiger partial charge < -0.3 is 0 Å². The van der Waals surface area contributed by atoms with E-state index < -0.39 is 0 Å². The van der Waals surface area contributed by atoms with E-state index in [-0.39, 0.29) is 11.2 Å². The molecule has 0 amide bonds. The fourth-order valence-electron chi connectivity index (χ4n) is 2.10. The first-order valence-corrected chi connectivity index (χ1v) is 6.92. The molecule has 1 aromatic carbocycles. The first-order valence-electron chi connectivity index (χ1n) is 6.92. The monoisotopic (exact) mass is 279 g/mol. The molecule has 4 heteroatoms. The van der Waals surface area contributed by atoms with Gasteiger partial charge in [0.25, 0.3) is 0 Å². The van der Waals surface area contributed by atoms with Crippen molar-refractivity contribution in [3.63, 3.8) is 0 Å². The topological polar surface area (TPSA) is 47.3 Å². The number of carbonyl (C=O) groups excluding carboxylic acids is 1. The van der Waals surface area contributed by atoms with Crippen LogP contribution in [0.1, 0.15) is 42.5 Å². The maximum atomic E-state index is 12.4. The Kier molecular flexibility index (Phi) is 3.09. The van der Waals surface area contributed by atoms with Gasteiger partial charge in [0.05, 0.1) is 11.9 Å². The summed E-state index contributed by atoms with van der Waals surface area (Å²) in [4.78, 5) is 16.9. The average Bonchev–Trinajstić information content (AvgIpc) is 2.90. The molecular weight excluding hydrogens is 262 g/mol. The summed E-state index contributed by atoms with van der Waals surface area (Å²) in [7, 11) is 0. The molecule has 0 radical (unpaired) electrons. The Morgan fingerprint density at radius 1 is 1.05 bits per heavy atom. The molecule has 0 aliphatic heterocycles. The van der Waals surface area contributed by atoms with Crippen LogP contribution in [0.15, 0.2) is 48.7 Å². The van der Waals surface area contributed by atoms with Crippen molar-refractivity contribution >= 4 is 11.4 Å². The van der Waals surface area contributed by atoms with Crippen LogP contribution in [-0.4, -0.2) is 20.4 Å². The minimum Gasteiger partial charge on any atom is -0.287 e. The summed E-state index contributed by atoms with van der Waals surface area (Å²) in [5.74, 6) is -0.0801. The van der Waals surface area contributed by atoms with Gasteiger partial charge in [-0.05, 0) is 12.1 Å². The number of nitrogens with zero attached hydrogens (tertiary/aromatic N) is 3. The molecule has 4 nitrogen and oxygen atoms in total. The highest BCUT2D eigenvalue weighted by Crippen LogP contribution is 2.21. The second-order valence-corrected chi connectivity index (χ2v) is 6.09. The van der Waals surface area contributed by atoms with Crippen LogP contribution in [0.4, 0.5) is 0 Å². The standard InChI is InChI=1S/C17H17N3O/c1-17(2,3)14-11-20-15(18-14)10-9-13(19-20)16(21)12-7-5-4-6-8-12/h4-11H,1-3H3. The maximum absolute atomic E-state index is 12.4. The molecule has 0 saturated heterocycles. The van der Waals surface area contributed by atoms with E-state index >= 15 is 0 Å². The lowest BCUT2D eigenvalue weighted by molar-refractivity contribution is 0.103. The van der Waals surface area contributed by atoms with E-state index in [1.165, 1.54) is 0 Å². The molecule has 0 N–H and O–H groups in total. The van der Waals surface area contributed by atoms with Crippen LogP contribution in [0.25, 0.3) is 5.65 Å². The van der Waals surface area contributed by atoms with Gasteiger partial charge in [-0.15, -0.1) is 0 Å². The third-order valence-corrected chi connectivity index (χ3v) is 3.36. The highest BCUT2D eigenvalue weighted by Gasteiger charge is 2.19. The van der Waals surface area contributed by atoms with Gasteiger partial charge in [-0.25, -0.2) is 9.50 Å². The van der Waals surface area contributed by atoms with Gasteiger partial charge in [-0.2, -0.15) is 5.10 Å². The predicted molar refractivity (Wildman–Crippen MR) is 81.6 cm³/mol. The molecule has 2 aromatic heterocycles. The van der Waals surface area contributed by atoms with Crippen molar-refractivity contribution in [1.82, 2.24) is 14.6 Å². The van der Waals surface area contributed by atoms with E-state index in [1.54, 1.807) is 22.7 Å². The van der Waals surface area contributed by atoms with Gasteiger partial charge in [0.1, 0.15) is 5.69 Å². The molecule has 3 rings (SSSR count). The SMILES string of the molecule is CC(C)(C)c1cn2nc(C(=O)c3ccccc3)ccc2n1. The maximum Gasteiger partial charge on any atom is 0.213 e. The number of hydrogen-bond acceptors (Lipinski definition) is 3. The van der Waals surface area contributed by atoms with Crippen molar-refractivity contribution in [1.29, 1.82) is 0 Å². The van der Waals surface area contributed by atoms with Crippen LogP contribution < -0.4 is 0 Å². The van der Waals surface area contributed by atoms with E-state index in [9.17, 15) is 4.79 Å². The van der Waals surface area contributed by atoms with Crippen molar-refractivity contribution in [3.05, 3.63) is 65.6 Å². The highest BCUT2D eigenvalue weighted by molar-refractivity contribution is 6.07. The number of benzene rings is 1. The molecule has 0 spiro atoms. The molecule has 0 bridgehead atoms. The van der Waals surface area contributed by atoms with Crippen LogP contribution in [0.5, 0.6) is 0 Å². The van der Waals surface area contributed by atoms with Crippen LogP contribution in [0.2, 0.25) is 0 Å². The van der Waals surface area contributed by atoms with Crippen molar-refractivity contribution < 1.29 is 4.79 Å². The zero-order valence-electron chi connectivity index (χ0n) is 12.4. The molecule has 2 heterocycles. The van der Waals surface area contributed by atoms with Gasteiger partial charge in [0, 0.05) is 11.0 Å². The van der Waals surface area contributed by atoms with Crippen molar-refractivity contribution in [2.75, 3.05) is 0 Å². The van der Waals surface area contributed by atoms with E-state index in [4.69, 9.17) is 0 Å². The first kappa shape index (κ1) is 13.5. The number of ketones is 1. The molecule has 106 valence electrons. The summed E-state index contributed by atoms with van der Waals surface area (Å²) in [5, 5.41) is 4.39. The number of hydrogen-bond donors (Lipinski definition) is 0. The number of aromatic nitrogens is 3. The third kappa shape index (κ3) is 2.57.